The Kier molecular flexibility index (Phi) is 6.84. The van der Waals surface area contributed by atoms with Gasteiger partial charge in [-0.2, -0.15) is 4.98 Å². The molecule has 0 spiro atoms. The molecule has 1 saturated carbocycles. The van der Waals surface area contributed by atoms with Crippen molar-refractivity contribution in [1.82, 2.24) is 20.6 Å². The maximum absolute atomic E-state index is 12.1. The Labute approximate surface area is 159 Å². The smallest absolute Gasteiger partial charge is 0.315 e. The Balaban J connectivity index is 1.34. The van der Waals surface area contributed by atoms with Gasteiger partial charge in [0.2, 0.25) is 11.8 Å². The summed E-state index contributed by atoms with van der Waals surface area (Å²) in [6.07, 6.45) is 7.56. The average molecular weight is 370 g/mol. The van der Waals surface area contributed by atoms with Crippen LogP contribution in [0.4, 0.5) is 4.79 Å². The van der Waals surface area contributed by atoms with E-state index in [0.717, 1.165) is 32.1 Å². The summed E-state index contributed by atoms with van der Waals surface area (Å²) in [5, 5.41) is 5.98. The molecule has 1 aromatic carbocycles. The molecule has 27 heavy (non-hydrogen) atoms. The molecule has 7 nitrogen and oxygen atoms in total. The van der Waals surface area contributed by atoms with E-state index in [1.165, 1.54) is 5.56 Å². The fourth-order valence-corrected chi connectivity index (χ4v) is 3.18. The summed E-state index contributed by atoms with van der Waals surface area (Å²) in [6, 6.07) is 10.2. The summed E-state index contributed by atoms with van der Waals surface area (Å²) >= 11 is 0. The van der Waals surface area contributed by atoms with Gasteiger partial charge in [-0.15, -0.1) is 0 Å². The fraction of sp³-hybridized carbons (Fsp3) is 0.450. The minimum atomic E-state index is -0.103. The van der Waals surface area contributed by atoms with Gasteiger partial charge >= 0.3 is 6.03 Å². The van der Waals surface area contributed by atoms with Crippen molar-refractivity contribution in [3.8, 4) is 11.8 Å². The highest BCUT2D eigenvalue weighted by atomic mass is 16.5. The van der Waals surface area contributed by atoms with Crippen molar-refractivity contribution in [3.63, 3.8) is 0 Å². The summed E-state index contributed by atoms with van der Waals surface area (Å²) < 4.78 is 10.9. The zero-order valence-electron chi connectivity index (χ0n) is 15.6. The normalized spacial score (nSPS) is 19.1. The monoisotopic (exact) mass is 370 g/mol. The van der Waals surface area contributed by atoms with Crippen LogP contribution in [0.2, 0.25) is 0 Å². The number of hydrogen-bond donors (Lipinski definition) is 2. The van der Waals surface area contributed by atoms with Crippen molar-refractivity contribution in [2.75, 3.05) is 13.7 Å². The molecule has 7 heteroatoms. The van der Waals surface area contributed by atoms with E-state index < -0.39 is 0 Å². The van der Waals surface area contributed by atoms with Gasteiger partial charge in [0.15, 0.2) is 0 Å². The van der Waals surface area contributed by atoms with Gasteiger partial charge in [0.25, 0.3) is 0 Å². The Morgan fingerprint density at radius 3 is 2.59 bits per heavy atom. The predicted molar refractivity (Wildman–Crippen MR) is 102 cm³/mol. The topological polar surface area (TPSA) is 85.4 Å². The molecule has 0 unspecified atom stereocenters. The molecular weight excluding hydrogens is 344 g/mol. The van der Waals surface area contributed by atoms with E-state index in [2.05, 4.69) is 32.7 Å². The van der Waals surface area contributed by atoms with Crippen LogP contribution in [0.25, 0.3) is 0 Å². The quantitative estimate of drug-likeness (QED) is 0.783. The minimum Gasteiger partial charge on any atom is -0.480 e. The Morgan fingerprint density at radius 1 is 1.11 bits per heavy atom. The summed E-state index contributed by atoms with van der Waals surface area (Å²) in [7, 11) is 1.55. The summed E-state index contributed by atoms with van der Waals surface area (Å²) in [6.45, 7) is 0.628. The Morgan fingerprint density at radius 2 is 1.85 bits per heavy atom. The second-order valence-electron chi connectivity index (χ2n) is 6.63. The van der Waals surface area contributed by atoms with Crippen molar-refractivity contribution in [1.29, 1.82) is 0 Å². The first-order valence-corrected chi connectivity index (χ1v) is 9.34. The first-order chi connectivity index (χ1) is 13.2. The molecule has 0 aliphatic heterocycles. The standard InChI is InChI=1S/C20H26N4O3/c1-26-18-13-21-14-19(24-18)27-17-9-7-16(8-10-17)23-20(25)22-12-11-15-5-3-2-4-6-15/h2-6,13-14,16-17H,7-12H2,1H3,(H2,22,23,25). The van der Waals surface area contributed by atoms with Crippen LogP contribution in [0.15, 0.2) is 42.7 Å². The van der Waals surface area contributed by atoms with Gasteiger partial charge in [-0.3, -0.25) is 4.98 Å². The molecule has 2 N–H and O–H groups in total. The van der Waals surface area contributed by atoms with Crippen LogP contribution >= 0.6 is 0 Å². The first kappa shape index (κ1) is 18.9. The molecule has 1 aliphatic carbocycles. The van der Waals surface area contributed by atoms with E-state index in [4.69, 9.17) is 9.47 Å². The van der Waals surface area contributed by atoms with Crippen LogP contribution in [0.5, 0.6) is 11.8 Å². The number of hydrogen-bond acceptors (Lipinski definition) is 5. The van der Waals surface area contributed by atoms with E-state index in [0.29, 0.717) is 18.3 Å². The Hall–Kier alpha value is -2.83. The second kappa shape index (κ2) is 9.75. The maximum Gasteiger partial charge on any atom is 0.315 e. The van der Waals surface area contributed by atoms with Crippen molar-refractivity contribution in [2.24, 2.45) is 0 Å². The molecule has 3 rings (SSSR count). The van der Waals surface area contributed by atoms with E-state index in [1.54, 1.807) is 19.5 Å². The predicted octanol–water partition coefficient (Wildman–Crippen LogP) is 2.72. The lowest BCUT2D eigenvalue weighted by Gasteiger charge is -2.29. The third-order valence-electron chi connectivity index (χ3n) is 4.64. The minimum absolute atomic E-state index is 0.0885. The van der Waals surface area contributed by atoms with Gasteiger partial charge in [0.05, 0.1) is 19.5 Å². The van der Waals surface area contributed by atoms with E-state index in [-0.39, 0.29) is 18.2 Å². The first-order valence-electron chi connectivity index (χ1n) is 9.34. The van der Waals surface area contributed by atoms with Crippen LogP contribution in [-0.4, -0.2) is 41.8 Å². The van der Waals surface area contributed by atoms with Crippen LogP contribution < -0.4 is 20.1 Å². The Bertz CT molecular complexity index is 718. The van der Waals surface area contributed by atoms with E-state index in [1.807, 2.05) is 18.2 Å². The number of rotatable bonds is 7. The van der Waals surface area contributed by atoms with Gasteiger partial charge in [0, 0.05) is 12.6 Å². The number of nitrogens with zero attached hydrogens (tertiary/aromatic N) is 2. The van der Waals surface area contributed by atoms with Gasteiger partial charge < -0.3 is 20.1 Å². The second-order valence-corrected chi connectivity index (χ2v) is 6.63. The molecule has 0 atom stereocenters. The molecule has 0 bridgehead atoms. The molecule has 1 fully saturated rings. The highest BCUT2D eigenvalue weighted by Gasteiger charge is 2.24. The van der Waals surface area contributed by atoms with E-state index in [9.17, 15) is 4.79 Å². The number of methoxy groups -OCH3 is 1. The van der Waals surface area contributed by atoms with Crippen molar-refractivity contribution in [2.45, 2.75) is 44.2 Å². The number of nitrogens with one attached hydrogen (secondary N) is 2. The van der Waals surface area contributed by atoms with Crippen molar-refractivity contribution in [3.05, 3.63) is 48.3 Å². The molecule has 1 aromatic heterocycles. The number of ether oxygens (including phenoxy) is 2. The highest BCUT2D eigenvalue weighted by molar-refractivity contribution is 5.74. The van der Waals surface area contributed by atoms with Gasteiger partial charge in [-0.25, -0.2) is 4.79 Å². The molecule has 1 heterocycles. The summed E-state index contributed by atoms with van der Waals surface area (Å²) in [4.78, 5) is 20.3. The molecule has 0 radical (unpaired) electrons. The van der Waals surface area contributed by atoms with Gasteiger partial charge in [0.1, 0.15) is 6.10 Å². The maximum atomic E-state index is 12.1. The zero-order chi connectivity index (χ0) is 18.9. The number of carbonyl (C=O) groups is 1. The van der Waals surface area contributed by atoms with Crippen LogP contribution in [-0.2, 0) is 6.42 Å². The number of aromatic nitrogens is 2. The lowest BCUT2D eigenvalue weighted by molar-refractivity contribution is 0.133. The summed E-state index contributed by atoms with van der Waals surface area (Å²) in [5.74, 6) is 0.916. The van der Waals surface area contributed by atoms with Crippen LogP contribution in [0.1, 0.15) is 31.2 Å². The molecule has 2 amide bonds. The third-order valence-corrected chi connectivity index (χ3v) is 4.64. The van der Waals surface area contributed by atoms with Crippen LogP contribution in [0.3, 0.4) is 0 Å². The third kappa shape index (κ3) is 6.13. The largest absolute Gasteiger partial charge is 0.480 e. The molecule has 144 valence electrons. The number of benzene rings is 1. The van der Waals surface area contributed by atoms with Crippen molar-refractivity contribution >= 4 is 6.03 Å². The van der Waals surface area contributed by atoms with Crippen molar-refractivity contribution < 1.29 is 14.3 Å². The molecule has 2 aromatic rings. The van der Waals surface area contributed by atoms with E-state index >= 15 is 0 Å². The molecule has 0 saturated heterocycles. The SMILES string of the molecule is COc1cncc(OC2CCC(NC(=O)NCCc3ccccc3)CC2)n1. The highest BCUT2D eigenvalue weighted by Crippen LogP contribution is 2.23. The fourth-order valence-electron chi connectivity index (χ4n) is 3.18. The summed E-state index contributed by atoms with van der Waals surface area (Å²) in [5.41, 5.74) is 1.22. The number of urea groups is 1. The zero-order valence-corrected chi connectivity index (χ0v) is 15.6. The lowest BCUT2D eigenvalue weighted by atomic mass is 9.93. The average Bonchev–Trinajstić information content (AvgIpc) is 2.70. The van der Waals surface area contributed by atoms with Gasteiger partial charge in [-0.05, 0) is 37.7 Å². The number of amides is 2. The molecular formula is C20H26N4O3. The number of carbonyl (C=O) groups excluding carboxylic acids is 1. The molecule has 1 aliphatic rings. The lowest BCUT2D eigenvalue weighted by Crippen LogP contribution is -2.45. The van der Waals surface area contributed by atoms with Crippen LogP contribution in [0, 0.1) is 0 Å². The van der Waals surface area contributed by atoms with Gasteiger partial charge in [-0.1, -0.05) is 30.3 Å².